The first-order valence-corrected chi connectivity index (χ1v) is 14.1. The SMILES string of the molecule is CSCCC(N)C(=O)NC(Cc1c[nH]c2ccccc12)C(=O)NC(Cc1cnc[nH]1)C(=O)NC(CC(=O)O)C(=O)O. The van der Waals surface area contributed by atoms with Crippen molar-refractivity contribution in [3.05, 3.63) is 54.2 Å². The minimum absolute atomic E-state index is 0.0615. The second-order valence-electron chi connectivity index (χ2n) is 9.35. The monoisotopic (exact) mass is 587 g/mol. The van der Waals surface area contributed by atoms with Crippen molar-refractivity contribution >= 4 is 52.3 Å². The maximum Gasteiger partial charge on any atom is 0.326 e. The number of aromatic amines is 2. The molecule has 0 aliphatic rings. The number of aromatic nitrogens is 3. The molecule has 2 heterocycles. The molecule has 0 saturated carbocycles. The first-order chi connectivity index (χ1) is 19.6. The van der Waals surface area contributed by atoms with Crippen molar-refractivity contribution in [2.24, 2.45) is 5.73 Å². The average Bonchev–Trinajstić information content (AvgIpc) is 3.60. The summed E-state index contributed by atoms with van der Waals surface area (Å²) in [6.07, 6.45) is 5.88. The lowest BCUT2D eigenvalue weighted by Crippen LogP contribution is -2.58. The van der Waals surface area contributed by atoms with Crippen molar-refractivity contribution in [1.29, 1.82) is 0 Å². The van der Waals surface area contributed by atoms with E-state index >= 15 is 0 Å². The minimum atomic E-state index is -1.72. The van der Waals surface area contributed by atoms with Gasteiger partial charge in [0.25, 0.3) is 0 Å². The molecule has 3 rings (SSSR count). The molecule has 0 fully saturated rings. The Labute approximate surface area is 239 Å². The fourth-order valence-electron chi connectivity index (χ4n) is 4.13. The third-order valence-corrected chi connectivity index (χ3v) is 6.95. The molecule has 0 bridgehead atoms. The fourth-order valence-corrected chi connectivity index (χ4v) is 4.62. The summed E-state index contributed by atoms with van der Waals surface area (Å²) in [6.45, 7) is 0. The van der Waals surface area contributed by atoms with Gasteiger partial charge in [-0.15, -0.1) is 0 Å². The highest BCUT2D eigenvalue weighted by molar-refractivity contribution is 7.98. The van der Waals surface area contributed by atoms with Gasteiger partial charge in [-0.2, -0.15) is 11.8 Å². The van der Waals surface area contributed by atoms with Gasteiger partial charge in [0.15, 0.2) is 0 Å². The number of carboxylic acids is 2. The van der Waals surface area contributed by atoms with Crippen LogP contribution in [0.5, 0.6) is 0 Å². The molecule has 4 unspecified atom stereocenters. The van der Waals surface area contributed by atoms with E-state index in [1.165, 1.54) is 24.3 Å². The van der Waals surface area contributed by atoms with Gasteiger partial charge in [0.05, 0.1) is 18.8 Å². The largest absolute Gasteiger partial charge is 0.481 e. The number of thioether (sulfide) groups is 1. The summed E-state index contributed by atoms with van der Waals surface area (Å²) in [6, 6.07) is 2.37. The lowest BCUT2D eigenvalue weighted by atomic mass is 10.0. The van der Waals surface area contributed by atoms with Crippen LogP contribution in [0.3, 0.4) is 0 Å². The fraction of sp³-hybridized carbons (Fsp3) is 0.385. The molecule has 3 amide bonds. The van der Waals surface area contributed by atoms with E-state index in [0.717, 1.165) is 16.5 Å². The van der Waals surface area contributed by atoms with Crippen LogP contribution in [0, 0.1) is 0 Å². The molecule has 220 valence electrons. The zero-order valence-electron chi connectivity index (χ0n) is 22.3. The molecular weight excluding hydrogens is 554 g/mol. The number of H-pyrrole nitrogens is 2. The Balaban J connectivity index is 1.86. The highest BCUT2D eigenvalue weighted by Gasteiger charge is 2.32. The van der Waals surface area contributed by atoms with E-state index in [1.54, 1.807) is 6.20 Å². The van der Waals surface area contributed by atoms with E-state index in [-0.39, 0.29) is 12.8 Å². The van der Waals surface area contributed by atoms with Crippen LogP contribution < -0.4 is 21.7 Å². The van der Waals surface area contributed by atoms with Gasteiger partial charge in [-0.1, -0.05) is 18.2 Å². The number of carbonyl (C=O) groups is 5. The number of carboxylic acid groups (broad SMARTS) is 2. The van der Waals surface area contributed by atoms with Crippen LogP contribution in [0.2, 0.25) is 0 Å². The van der Waals surface area contributed by atoms with Gasteiger partial charge in [0.2, 0.25) is 17.7 Å². The standard InChI is InChI=1S/C26H33N7O7S/c1-41-7-6-17(27)23(36)31-19(8-14-11-29-18-5-3-2-4-16(14)18)24(37)32-20(9-15-12-28-13-30-15)25(38)33-21(26(39)40)10-22(34)35/h2-5,11-13,17,19-21,29H,6-10,27H2,1H3,(H,28,30)(H,31,36)(H,32,37)(H,33,38)(H,34,35)(H,39,40). The van der Waals surface area contributed by atoms with Crippen LogP contribution in [0.1, 0.15) is 24.1 Å². The lowest BCUT2D eigenvalue weighted by molar-refractivity contribution is -0.147. The minimum Gasteiger partial charge on any atom is -0.481 e. The first kappa shape index (κ1) is 31.2. The van der Waals surface area contributed by atoms with Crippen molar-refractivity contribution in [2.75, 3.05) is 12.0 Å². The Morgan fingerprint density at radius 1 is 0.951 bits per heavy atom. The molecule has 2 aromatic heterocycles. The topological polar surface area (TPSA) is 232 Å². The molecule has 15 heteroatoms. The van der Waals surface area contributed by atoms with Gasteiger partial charge < -0.3 is 41.9 Å². The predicted octanol–water partition coefficient (Wildman–Crippen LogP) is -0.230. The van der Waals surface area contributed by atoms with Crippen LogP contribution in [-0.4, -0.2) is 91.0 Å². The number of hydrogen-bond acceptors (Lipinski definition) is 8. The van der Waals surface area contributed by atoms with Crippen molar-refractivity contribution < 1.29 is 34.2 Å². The maximum atomic E-state index is 13.6. The van der Waals surface area contributed by atoms with Gasteiger partial charge in [0, 0.05) is 41.8 Å². The number of nitrogens with one attached hydrogen (secondary N) is 5. The zero-order chi connectivity index (χ0) is 29.9. The third kappa shape index (κ3) is 9.08. The van der Waals surface area contributed by atoms with Gasteiger partial charge in [-0.25, -0.2) is 9.78 Å². The van der Waals surface area contributed by atoms with Crippen LogP contribution in [0.15, 0.2) is 43.0 Å². The molecule has 0 spiro atoms. The molecule has 9 N–H and O–H groups in total. The average molecular weight is 588 g/mol. The highest BCUT2D eigenvalue weighted by Crippen LogP contribution is 2.19. The molecular formula is C26H33N7O7S. The maximum absolute atomic E-state index is 13.6. The van der Waals surface area contributed by atoms with E-state index in [9.17, 15) is 29.1 Å². The highest BCUT2D eigenvalue weighted by atomic mass is 32.2. The van der Waals surface area contributed by atoms with E-state index in [2.05, 4.69) is 30.9 Å². The van der Waals surface area contributed by atoms with Crippen LogP contribution in [0.25, 0.3) is 10.9 Å². The Morgan fingerprint density at radius 3 is 2.24 bits per heavy atom. The summed E-state index contributed by atoms with van der Waals surface area (Å²) in [5.41, 5.74) is 8.06. The number of nitrogens with two attached hydrogens (primary N) is 1. The summed E-state index contributed by atoms with van der Waals surface area (Å²) in [5, 5.41) is 26.7. The molecule has 4 atom stereocenters. The van der Waals surface area contributed by atoms with Crippen LogP contribution >= 0.6 is 11.8 Å². The number of rotatable bonds is 16. The molecule has 41 heavy (non-hydrogen) atoms. The van der Waals surface area contributed by atoms with Crippen LogP contribution in [0.4, 0.5) is 0 Å². The Morgan fingerprint density at radius 2 is 1.61 bits per heavy atom. The molecule has 1 aromatic carbocycles. The van der Waals surface area contributed by atoms with E-state index < -0.39 is 60.2 Å². The smallest absolute Gasteiger partial charge is 0.326 e. The third-order valence-electron chi connectivity index (χ3n) is 6.31. The van der Waals surface area contributed by atoms with Crippen molar-refractivity contribution in [3.8, 4) is 0 Å². The Kier molecular flexibility index (Phi) is 11.3. The normalized spacial score (nSPS) is 14.0. The lowest BCUT2D eigenvalue weighted by Gasteiger charge is -2.25. The molecule has 0 aliphatic carbocycles. The van der Waals surface area contributed by atoms with Crippen molar-refractivity contribution in [3.63, 3.8) is 0 Å². The quantitative estimate of drug-likeness (QED) is 0.110. The number of carbonyl (C=O) groups excluding carboxylic acids is 3. The molecule has 3 aromatic rings. The summed E-state index contributed by atoms with van der Waals surface area (Å²) in [5.74, 6) is -4.51. The second kappa shape index (κ2) is 14.9. The molecule has 0 saturated heterocycles. The van der Waals surface area contributed by atoms with Gasteiger partial charge in [-0.05, 0) is 30.1 Å². The number of para-hydroxylation sites is 1. The van der Waals surface area contributed by atoms with E-state index in [4.69, 9.17) is 10.8 Å². The number of aliphatic carboxylic acids is 2. The van der Waals surface area contributed by atoms with Gasteiger partial charge in [-0.3, -0.25) is 19.2 Å². The van der Waals surface area contributed by atoms with Crippen molar-refractivity contribution in [1.82, 2.24) is 30.9 Å². The number of imidazole rings is 1. The molecule has 14 nitrogen and oxygen atoms in total. The predicted molar refractivity (Wildman–Crippen MR) is 151 cm³/mol. The first-order valence-electron chi connectivity index (χ1n) is 12.7. The second-order valence-corrected chi connectivity index (χ2v) is 10.3. The Bertz CT molecular complexity index is 1360. The van der Waals surface area contributed by atoms with Gasteiger partial charge >= 0.3 is 11.9 Å². The number of amides is 3. The van der Waals surface area contributed by atoms with Crippen LogP contribution in [-0.2, 0) is 36.8 Å². The van der Waals surface area contributed by atoms with Crippen molar-refractivity contribution in [2.45, 2.75) is 49.9 Å². The number of nitrogens with zero attached hydrogens (tertiary/aromatic N) is 1. The zero-order valence-corrected chi connectivity index (χ0v) is 23.1. The van der Waals surface area contributed by atoms with E-state index in [0.29, 0.717) is 17.9 Å². The number of benzene rings is 1. The number of fused-ring (bicyclic) bond motifs is 1. The van der Waals surface area contributed by atoms with Gasteiger partial charge in [0.1, 0.15) is 18.1 Å². The van der Waals surface area contributed by atoms with E-state index in [1.807, 2.05) is 30.5 Å². The summed E-state index contributed by atoms with van der Waals surface area (Å²) >= 11 is 1.53. The molecule has 0 aliphatic heterocycles. The summed E-state index contributed by atoms with van der Waals surface area (Å²) < 4.78 is 0. The molecule has 0 radical (unpaired) electrons. The summed E-state index contributed by atoms with van der Waals surface area (Å²) in [7, 11) is 0. The Hall–Kier alpha value is -4.37. The number of hydrogen-bond donors (Lipinski definition) is 8. The summed E-state index contributed by atoms with van der Waals surface area (Å²) in [4.78, 5) is 72.1.